The molecule has 0 aliphatic heterocycles. The molecule has 0 fully saturated rings. The van der Waals surface area contributed by atoms with Crippen LogP contribution in [-0.4, -0.2) is 23.4 Å². The largest absolute Gasteiger partial charge is 0.465 e. The summed E-state index contributed by atoms with van der Waals surface area (Å²) < 4.78 is 4.82. The number of aliphatic hydroxyl groups is 1. The van der Waals surface area contributed by atoms with Gasteiger partial charge in [-0.15, -0.1) is 11.8 Å². The van der Waals surface area contributed by atoms with E-state index in [0.717, 1.165) is 16.9 Å². The number of thioether (sulfide) groups is 1. The summed E-state index contributed by atoms with van der Waals surface area (Å²) in [5, 5.41) is 8.87. The van der Waals surface area contributed by atoms with E-state index in [1.807, 2.05) is 24.3 Å². The van der Waals surface area contributed by atoms with Gasteiger partial charge in [0.25, 0.3) is 0 Å². The van der Waals surface area contributed by atoms with Crippen LogP contribution in [0.3, 0.4) is 0 Å². The van der Waals surface area contributed by atoms with E-state index in [1.54, 1.807) is 6.92 Å². The van der Waals surface area contributed by atoms with Gasteiger partial charge in [0.1, 0.15) is 0 Å². The number of carbonyl (C=O) groups excluding carboxylic acids is 1. The summed E-state index contributed by atoms with van der Waals surface area (Å²) in [5.41, 5.74) is 2.05. The lowest BCUT2D eigenvalue weighted by Gasteiger charge is -2.03. The molecule has 0 aromatic heterocycles. The quantitative estimate of drug-likeness (QED) is 0.772. The van der Waals surface area contributed by atoms with Crippen molar-refractivity contribution in [2.75, 3.05) is 12.4 Å². The molecule has 0 aliphatic rings. The molecule has 0 aliphatic carbocycles. The van der Waals surface area contributed by atoms with E-state index in [9.17, 15) is 4.79 Å². The van der Waals surface area contributed by atoms with Gasteiger partial charge in [-0.2, -0.15) is 0 Å². The van der Waals surface area contributed by atoms with E-state index in [1.165, 1.54) is 11.8 Å². The van der Waals surface area contributed by atoms with Crippen LogP contribution in [0.5, 0.6) is 0 Å². The molecule has 0 unspecified atom stereocenters. The van der Waals surface area contributed by atoms with Gasteiger partial charge in [-0.05, 0) is 18.1 Å². The summed E-state index contributed by atoms with van der Waals surface area (Å²) >= 11 is 1.53. The topological polar surface area (TPSA) is 46.5 Å². The van der Waals surface area contributed by atoms with Crippen LogP contribution in [0.1, 0.15) is 18.1 Å². The Bertz CT molecular complexity index is 322. The fraction of sp³-hybridized carbons (Fsp3) is 0.417. The first-order valence-corrected chi connectivity index (χ1v) is 6.33. The van der Waals surface area contributed by atoms with Gasteiger partial charge in [0.2, 0.25) is 0 Å². The van der Waals surface area contributed by atoms with Crippen molar-refractivity contribution in [1.29, 1.82) is 0 Å². The highest BCUT2D eigenvalue weighted by Gasteiger charge is 2.01. The number of benzene rings is 1. The standard InChI is InChI=1S/C12H16O3S/c1-2-15-12(14)9-16-8-11-5-3-10(7-13)4-6-11/h3-6,13H,2,7-9H2,1H3. The van der Waals surface area contributed by atoms with Crippen LogP contribution in [0.25, 0.3) is 0 Å². The number of hydrogen-bond donors (Lipinski definition) is 1. The molecule has 0 amide bonds. The number of hydrogen-bond acceptors (Lipinski definition) is 4. The van der Waals surface area contributed by atoms with Gasteiger partial charge >= 0.3 is 5.97 Å². The molecule has 0 radical (unpaired) electrons. The fourth-order valence-corrected chi connectivity index (χ4v) is 1.98. The molecular formula is C12H16O3S. The maximum absolute atomic E-state index is 11.1. The molecule has 0 saturated carbocycles. The van der Waals surface area contributed by atoms with Crippen LogP contribution < -0.4 is 0 Å². The maximum atomic E-state index is 11.1. The van der Waals surface area contributed by atoms with Crippen LogP contribution in [-0.2, 0) is 21.9 Å². The van der Waals surface area contributed by atoms with Crippen LogP contribution in [0.4, 0.5) is 0 Å². The third-order valence-electron chi connectivity index (χ3n) is 2.00. The first-order chi connectivity index (χ1) is 7.76. The second kappa shape index (κ2) is 7.30. The zero-order valence-electron chi connectivity index (χ0n) is 9.31. The lowest BCUT2D eigenvalue weighted by atomic mass is 10.2. The van der Waals surface area contributed by atoms with Crippen molar-refractivity contribution in [3.8, 4) is 0 Å². The third kappa shape index (κ3) is 4.68. The Hall–Kier alpha value is -1.00. The van der Waals surface area contributed by atoms with Crippen molar-refractivity contribution in [1.82, 2.24) is 0 Å². The van der Waals surface area contributed by atoms with Crippen LogP contribution in [0, 0.1) is 0 Å². The molecule has 1 aromatic rings. The molecule has 0 spiro atoms. The fourth-order valence-electron chi connectivity index (χ4n) is 1.20. The molecule has 1 rings (SSSR count). The molecule has 4 heteroatoms. The third-order valence-corrected chi connectivity index (χ3v) is 2.98. The van der Waals surface area contributed by atoms with Crippen molar-refractivity contribution in [2.45, 2.75) is 19.3 Å². The summed E-state index contributed by atoms with van der Waals surface area (Å²) in [4.78, 5) is 11.1. The number of carbonyl (C=O) groups is 1. The predicted molar refractivity (Wildman–Crippen MR) is 65.2 cm³/mol. The Morgan fingerprint density at radius 3 is 2.50 bits per heavy atom. The number of ether oxygens (including phenoxy) is 1. The van der Waals surface area contributed by atoms with Gasteiger partial charge in [-0.3, -0.25) is 4.79 Å². The van der Waals surface area contributed by atoms with Gasteiger partial charge < -0.3 is 9.84 Å². The molecule has 88 valence electrons. The smallest absolute Gasteiger partial charge is 0.315 e. The normalized spacial score (nSPS) is 10.1. The lowest BCUT2D eigenvalue weighted by molar-refractivity contribution is -0.139. The van der Waals surface area contributed by atoms with Crippen molar-refractivity contribution in [3.63, 3.8) is 0 Å². The molecule has 0 atom stereocenters. The molecule has 16 heavy (non-hydrogen) atoms. The Kier molecular flexibility index (Phi) is 5.96. The van der Waals surface area contributed by atoms with Gasteiger partial charge in [0, 0.05) is 5.75 Å². The Labute approximate surface area is 99.8 Å². The molecule has 0 bridgehead atoms. The van der Waals surface area contributed by atoms with Crippen molar-refractivity contribution < 1.29 is 14.6 Å². The minimum absolute atomic E-state index is 0.0657. The van der Waals surface area contributed by atoms with E-state index in [2.05, 4.69) is 0 Å². The summed E-state index contributed by atoms with van der Waals surface area (Å²) in [6.45, 7) is 2.30. The zero-order chi connectivity index (χ0) is 11.8. The van der Waals surface area contributed by atoms with Gasteiger partial charge in [-0.25, -0.2) is 0 Å². The van der Waals surface area contributed by atoms with E-state index < -0.39 is 0 Å². The van der Waals surface area contributed by atoms with Crippen molar-refractivity contribution >= 4 is 17.7 Å². The van der Waals surface area contributed by atoms with Gasteiger partial charge in [-0.1, -0.05) is 24.3 Å². The summed E-state index contributed by atoms with van der Waals surface area (Å²) in [6.07, 6.45) is 0. The minimum Gasteiger partial charge on any atom is -0.465 e. The lowest BCUT2D eigenvalue weighted by Crippen LogP contribution is -2.06. The number of rotatable bonds is 6. The van der Waals surface area contributed by atoms with Gasteiger partial charge in [0.15, 0.2) is 0 Å². The SMILES string of the molecule is CCOC(=O)CSCc1ccc(CO)cc1. The zero-order valence-corrected chi connectivity index (χ0v) is 10.1. The van der Waals surface area contributed by atoms with Crippen LogP contribution >= 0.6 is 11.8 Å². The first kappa shape index (κ1) is 13.1. The molecule has 0 saturated heterocycles. The summed E-state index contributed by atoms with van der Waals surface area (Å²) in [6, 6.07) is 7.70. The Balaban J connectivity index is 2.29. The monoisotopic (exact) mass is 240 g/mol. The Morgan fingerprint density at radius 2 is 1.94 bits per heavy atom. The number of aliphatic hydroxyl groups excluding tert-OH is 1. The van der Waals surface area contributed by atoms with Crippen LogP contribution in [0.2, 0.25) is 0 Å². The molecule has 1 aromatic carbocycles. The van der Waals surface area contributed by atoms with E-state index in [-0.39, 0.29) is 12.6 Å². The minimum atomic E-state index is -0.167. The molecule has 3 nitrogen and oxygen atoms in total. The summed E-state index contributed by atoms with van der Waals surface area (Å²) in [7, 11) is 0. The number of esters is 1. The molecule has 0 heterocycles. The van der Waals surface area contributed by atoms with E-state index in [4.69, 9.17) is 9.84 Å². The average Bonchev–Trinajstić information content (AvgIpc) is 2.30. The van der Waals surface area contributed by atoms with Crippen molar-refractivity contribution in [2.24, 2.45) is 0 Å². The van der Waals surface area contributed by atoms with Crippen molar-refractivity contribution in [3.05, 3.63) is 35.4 Å². The van der Waals surface area contributed by atoms with E-state index >= 15 is 0 Å². The predicted octanol–water partition coefficient (Wildman–Crippen LogP) is 1.98. The highest BCUT2D eigenvalue weighted by Crippen LogP contribution is 2.13. The highest BCUT2D eigenvalue weighted by molar-refractivity contribution is 7.99. The molecular weight excluding hydrogens is 224 g/mol. The first-order valence-electron chi connectivity index (χ1n) is 5.18. The molecule has 1 N–H and O–H groups in total. The second-order valence-corrected chi connectivity index (χ2v) is 4.26. The van der Waals surface area contributed by atoms with Crippen LogP contribution in [0.15, 0.2) is 24.3 Å². The summed E-state index contributed by atoms with van der Waals surface area (Å²) in [5.74, 6) is 1.000. The second-order valence-electron chi connectivity index (χ2n) is 3.27. The Morgan fingerprint density at radius 1 is 1.31 bits per heavy atom. The maximum Gasteiger partial charge on any atom is 0.315 e. The van der Waals surface area contributed by atoms with E-state index in [0.29, 0.717) is 12.4 Å². The average molecular weight is 240 g/mol. The highest BCUT2D eigenvalue weighted by atomic mass is 32.2. The van der Waals surface area contributed by atoms with Gasteiger partial charge in [0.05, 0.1) is 19.0 Å².